The zero-order valence-electron chi connectivity index (χ0n) is 12.9. The molecule has 2 aromatic carbocycles. The molecule has 1 aliphatic heterocycles. The molecular weight excluding hydrogens is 260 g/mol. The monoisotopic (exact) mass is 284 g/mol. The topological polar surface area (TPSA) is 38.5 Å². The van der Waals surface area contributed by atoms with E-state index in [1.807, 2.05) is 6.07 Å². The molecule has 1 saturated heterocycles. The highest BCUT2D eigenvalue weighted by Crippen LogP contribution is 2.31. The highest BCUT2D eigenvalue weighted by molar-refractivity contribution is 5.84. The molecule has 0 aliphatic carbocycles. The molecule has 0 radical (unpaired) electrons. The van der Waals surface area contributed by atoms with E-state index < -0.39 is 0 Å². The quantitative estimate of drug-likeness (QED) is 0.919. The van der Waals surface area contributed by atoms with Gasteiger partial charge in [-0.25, -0.2) is 0 Å². The minimum atomic E-state index is 0.216. The minimum Gasteiger partial charge on any atom is -0.497 e. The molecule has 0 bridgehead atoms. The number of hydrogen-bond acceptors (Lipinski definition) is 3. The van der Waals surface area contributed by atoms with E-state index in [1.165, 1.54) is 29.2 Å². The van der Waals surface area contributed by atoms with Crippen molar-refractivity contribution in [1.29, 1.82) is 0 Å². The maximum atomic E-state index is 6.43. The number of hydrogen-bond donors (Lipinski definition) is 1. The minimum absolute atomic E-state index is 0.216. The van der Waals surface area contributed by atoms with Crippen molar-refractivity contribution < 1.29 is 4.74 Å². The van der Waals surface area contributed by atoms with Crippen LogP contribution in [0.1, 0.15) is 30.9 Å². The molecule has 0 spiro atoms. The Morgan fingerprint density at radius 1 is 1.10 bits per heavy atom. The van der Waals surface area contributed by atoms with Crippen LogP contribution in [0.15, 0.2) is 36.4 Å². The summed E-state index contributed by atoms with van der Waals surface area (Å²) in [5.74, 6) is 0.901. The van der Waals surface area contributed by atoms with E-state index in [4.69, 9.17) is 10.5 Å². The molecule has 1 fully saturated rings. The predicted molar refractivity (Wildman–Crippen MR) is 87.7 cm³/mol. The number of rotatable bonds is 2. The lowest BCUT2D eigenvalue weighted by Crippen LogP contribution is -2.37. The van der Waals surface area contributed by atoms with Crippen molar-refractivity contribution >= 4 is 10.8 Å². The fraction of sp³-hybridized carbons (Fsp3) is 0.444. The summed E-state index contributed by atoms with van der Waals surface area (Å²) >= 11 is 0. The summed E-state index contributed by atoms with van der Waals surface area (Å²) in [6, 6.07) is 13.4. The van der Waals surface area contributed by atoms with Gasteiger partial charge in [-0.2, -0.15) is 0 Å². The lowest BCUT2D eigenvalue weighted by Gasteiger charge is -2.30. The van der Waals surface area contributed by atoms with Crippen LogP contribution in [0.5, 0.6) is 5.75 Å². The van der Waals surface area contributed by atoms with Gasteiger partial charge in [0.2, 0.25) is 0 Å². The molecule has 21 heavy (non-hydrogen) atoms. The molecule has 1 heterocycles. The molecule has 0 amide bonds. The number of nitrogens with two attached hydrogens (primary N) is 1. The van der Waals surface area contributed by atoms with Crippen LogP contribution in [-0.4, -0.2) is 31.6 Å². The van der Waals surface area contributed by atoms with E-state index in [9.17, 15) is 0 Å². The summed E-state index contributed by atoms with van der Waals surface area (Å²) < 4.78 is 5.29. The highest BCUT2D eigenvalue weighted by atomic mass is 16.5. The first-order valence-corrected chi connectivity index (χ1v) is 7.72. The summed E-state index contributed by atoms with van der Waals surface area (Å²) in [5, 5.41) is 2.46. The van der Waals surface area contributed by atoms with Gasteiger partial charge < -0.3 is 10.5 Å². The summed E-state index contributed by atoms with van der Waals surface area (Å²) in [5.41, 5.74) is 7.75. The molecule has 2 unspecified atom stereocenters. The van der Waals surface area contributed by atoms with Crippen LogP contribution in [0.2, 0.25) is 0 Å². The van der Waals surface area contributed by atoms with Gasteiger partial charge >= 0.3 is 0 Å². The van der Waals surface area contributed by atoms with E-state index >= 15 is 0 Å². The summed E-state index contributed by atoms with van der Waals surface area (Å²) in [7, 11) is 3.89. The van der Waals surface area contributed by atoms with E-state index in [0.29, 0.717) is 6.04 Å². The van der Waals surface area contributed by atoms with E-state index in [-0.39, 0.29) is 6.04 Å². The first kappa shape index (κ1) is 14.4. The number of ether oxygens (including phenoxy) is 1. The summed E-state index contributed by atoms with van der Waals surface area (Å²) in [6.07, 6.45) is 3.58. The molecule has 2 aromatic rings. The molecule has 0 saturated carbocycles. The van der Waals surface area contributed by atoms with Crippen molar-refractivity contribution in [2.45, 2.75) is 31.3 Å². The lowest BCUT2D eigenvalue weighted by molar-refractivity contribution is 0.230. The van der Waals surface area contributed by atoms with Gasteiger partial charge in [0.25, 0.3) is 0 Å². The molecule has 3 heteroatoms. The van der Waals surface area contributed by atoms with Crippen LogP contribution in [-0.2, 0) is 0 Å². The maximum Gasteiger partial charge on any atom is 0.119 e. The Balaban J connectivity index is 1.99. The SMILES string of the molecule is COc1ccc2cc(C3C(N)CCCCN3C)ccc2c1. The molecule has 112 valence electrons. The van der Waals surface area contributed by atoms with Gasteiger partial charge in [-0.15, -0.1) is 0 Å². The fourth-order valence-electron chi connectivity index (χ4n) is 3.42. The lowest BCUT2D eigenvalue weighted by atomic mass is 9.94. The van der Waals surface area contributed by atoms with E-state index in [1.54, 1.807) is 7.11 Å². The summed E-state index contributed by atoms with van der Waals surface area (Å²) in [6.45, 7) is 1.12. The first-order valence-electron chi connectivity index (χ1n) is 7.72. The van der Waals surface area contributed by atoms with Crippen LogP contribution in [0.3, 0.4) is 0 Å². The molecule has 1 aliphatic rings. The Kier molecular flexibility index (Phi) is 4.13. The number of methoxy groups -OCH3 is 1. The molecule has 3 rings (SSSR count). The van der Waals surface area contributed by atoms with Crippen LogP contribution in [0.25, 0.3) is 10.8 Å². The van der Waals surface area contributed by atoms with Crippen LogP contribution in [0, 0.1) is 0 Å². The number of fused-ring (bicyclic) bond motifs is 1. The Morgan fingerprint density at radius 3 is 2.67 bits per heavy atom. The van der Waals surface area contributed by atoms with Gasteiger partial charge in [0, 0.05) is 12.1 Å². The Hall–Kier alpha value is -1.58. The average Bonchev–Trinajstić information content (AvgIpc) is 2.67. The third-order valence-corrected chi connectivity index (χ3v) is 4.59. The standard InChI is InChI=1S/C18H24N2O/c1-20-10-4-3-5-17(19)18(20)15-7-6-14-12-16(21-2)9-8-13(14)11-15/h6-9,11-12,17-18H,3-5,10,19H2,1-2H3. The molecule has 2 atom stereocenters. The zero-order valence-corrected chi connectivity index (χ0v) is 12.9. The predicted octanol–water partition coefficient (Wildman–Crippen LogP) is 3.33. The van der Waals surface area contributed by atoms with Gasteiger partial charge in [0.05, 0.1) is 7.11 Å². The normalized spacial score (nSPS) is 24.0. The van der Waals surface area contributed by atoms with Gasteiger partial charge in [0.15, 0.2) is 0 Å². The molecule has 2 N–H and O–H groups in total. The first-order chi connectivity index (χ1) is 10.2. The molecular formula is C18H24N2O. The Morgan fingerprint density at radius 2 is 1.86 bits per heavy atom. The molecule has 3 nitrogen and oxygen atoms in total. The smallest absolute Gasteiger partial charge is 0.119 e. The van der Waals surface area contributed by atoms with Gasteiger partial charge in [0.1, 0.15) is 5.75 Å². The van der Waals surface area contributed by atoms with Crippen molar-refractivity contribution in [3.8, 4) is 5.75 Å². The highest BCUT2D eigenvalue weighted by Gasteiger charge is 2.26. The number of benzene rings is 2. The van der Waals surface area contributed by atoms with Crippen LogP contribution in [0.4, 0.5) is 0 Å². The van der Waals surface area contributed by atoms with Crippen LogP contribution >= 0.6 is 0 Å². The van der Waals surface area contributed by atoms with Crippen molar-refractivity contribution in [2.75, 3.05) is 20.7 Å². The second-order valence-corrected chi connectivity index (χ2v) is 6.06. The van der Waals surface area contributed by atoms with Gasteiger partial charge in [-0.05, 0) is 61.0 Å². The van der Waals surface area contributed by atoms with Gasteiger partial charge in [-0.3, -0.25) is 4.90 Å². The third kappa shape index (κ3) is 2.89. The van der Waals surface area contributed by atoms with Crippen molar-refractivity contribution in [3.05, 3.63) is 42.0 Å². The zero-order chi connectivity index (χ0) is 14.8. The Bertz CT molecular complexity index is 614. The van der Waals surface area contributed by atoms with Crippen molar-refractivity contribution in [2.24, 2.45) is 5.73 Å². The number of nitrogens with zero attached hydrogens (tertiary/aromatic N) is 1. The second-order valence-electron chi connectivity index (χ2n) is 6.06. The van der Waals surface area contributed by atoms with Crippen molar-refractivity contribution in [1.82, 2.24) is 4.90 Å². The maximum absolute atomic E-state index is 6.43. The second kappa shape index (κ2) is 6.04. The average molecular weight is 284 g/mol. The van der Waals surface area contributed by atoms with E-state index in [2.05, 4.69) is 42.3 Å². The van der Waals surface area contributed by atoms with Crippen molar-refractivity contribution in [3.63, 3.8) is 0 Å². The van der Waals surface area contributed by atoms with Gasteiger partial charge in [-0.1, -0.05) is 24.6 Å². The summed E-state index contributed by atoms with van der Waals surface area (Å²) in [4.78, 5) is 2.41. The van der Waals surface area contributed by atoms with Crippen LogP contribution < -0.4 is 10.5 Å². The number of likely N-dealkylation sites (N-methyl/N-ethyl adjacent to an activating group) is 1. The Labute approximate surface area is 126 Å². The largest absolute Gasteiger partial charge is 0.497 e. The van der Waals surface area contributed by atoms with E-state index in [0.717, 1.165) is 18.7 Å². The number of likely N-dealkylation sites (tertiary alicyclic amines) is 1. The fourth-order valence-corrected chi connectivity index (χ4v) is 3.42. The molecule has 0 aromatic heterocycles. The third-order valence-electron chi connectivity index (χ3n) is 4.59.